The molecule has 0 radical (unpaired) electrons. The summed E-state index contributed by atoms with van der Waals surface area (Å²) in [5.74, 6) is 0. The van der Waals surface area contributed by atoms with Crippen molar-refractivity contribution in [2.75, 3.05) is 4.90 Å². The van der Waals surface area contributed by atoms with Gasteiger partial charge in [0.05, 0.1) is 27.6 Å². The zero-order chi connectivity index (χ0) is 53.9. The minimum Gasteiger partial charge on any atom is -0.310 e. The van der Waals surface area contributed by atoms with Crippen molar-refractivity contribution in [3.63, 3.8) is 0 Å². The van der Waals surface area contributed by atoms with Crippen molar-refractivity contribution in [1.82, 2.24) is 4.57 Å². The largest absolute Gasteiger partial charge is 0.310 e. The molecule has 0 aliphatic heterocycles. The lowest BCUT2D eigenvalue weighted by Crippen LogP contribution is -2.28. The first-order valence-electron chi connectivity index (χ1n) is 28.6. The molecule has 13 aromatic carbocycles. The van der Waals surface area contributed by atoms with Crippen LogP contribution in [-0.2, 0) is 10.8 Å². The maximum atomic E-state index is 2.51. The summed E-state index contributed by atoms with van der Waals surface area (Å²) in [6.45, 7) is 0. The molecule has 0 saturated heterocycles. The summed E-state index contributed by atoms with van der Waals surface area (Å²) in [6.07, 6.45) is 0. The quantitative estimate of drug-likeness (QED) is 0.147. The maximum Gasteiger partial charge on any atom is 0.0726 e. The number of hydrogen-bond donors (Lipinski definition) is 0. The molecular formula is C80H52N2. The molecule has 0 fully saturated rings. The predicted molar refractivity (Wildman–Crippen MR) is 340 cm³/mol. The smallest absolute Gasteiger partial charge is 0.0726 e. The second-order valence-corrected chi connectivity index (χ2v) is 22.2. The lowest BCUT2D eigenvalue weighted by molar-refractivity contribution is 0.768. The van der Waals surface area contributed by atoms with Crippen molar-refractivity contribution in [1.29, 1.82) is 0 Å². The first-order chi connectivity index (χ1) is 40.7. The highest BCUT2D eigenvalue weighted by Gasteiger charge is 2.52. The molecule has 2 heteroatoms. The first-order valence-corrected chi connectivity index (χ1v) is 28.6. The highest BCUT2D eigenvalue weighted by atomic mass is 15.1. The normalized spacial score (nSPS) is 13.6. The lowest BCUT2D eigenvalue weighted by Gasteiger charge is -2.33. The minimum atomic E-state index is -0.486. The van der Waals surface area contributed by atoms with Crippen molar-refractivity contribution in [3.8, 4) is 61.3 Å². The molecule has 17 rings (SSSR count). The van der Waals surface area contributed by atoms with Gasteiger partial charge in [-0.25, -0.2) is 0 Å². The topological polar surface area (TPSA) is 8.17 Å². The third-order valence-corrected chi connectivity index (χ3v) is 18.3. The Morgan fingerprint density at radius 3 is 1.33 bits per heavy atom. The summed E-state index contributed by atoms with van der Waals surface area (Å²) in [6, 6.07) is 118. The van der Waals surface area contributed by atoms with Gasteiger partial charge in [-0.3, -0.25) is 0 Å². The van der Waals surface area contributed by atoms with Gasteiger partial charge in [0, 0.05) is 33.4 Å². The fourth-order valence-electron chi connectivity index (χ4n) is 15.0. The summed E-state index contributed by atoms with van der Waals surface area (Å²) < 4.78 is 2.50. The van der Waals surface area contributed by atoms with Crippen molar-refractivity contribution >= 4 is 38.9 Å². The number of fused-ring (bicyclic) bond motifs is 16. The third kappa shape index (κ3) is 6.46. The number of aromatic nitrogens is 1. The second kappa shape index (κ2) is 18.0. The van der Waals surface area contributed by atoms with Crippen LogP contribution in [0.25, 0.3) is 83.1 Å². The van der Waals surface area contributed by atoms with Crippen LogP contribution in [0.3, 0.4) is 0 Å². The fourth-order valence-corrected chi connectivity index (χ4v) is 15.0. The van der Waals surface area contributed by atoms with Crippen molar-refractivity contribution in [3.05, 3.63) is 360 Å². The van der Waals surface area contributed by atoms with Gasteiger partial charge in [-0.05, 0) is 149 Å². The van der Waals surface area contributed by atoms with Gasteiger partial charge in [-0.1, -0.05) is 261 Å². The van der Waals surface area contributed by atoms with Gasteiger partial charge in [-0.15, -0.1) is 0 Å². The van der Waals surface area contributed by atoms with Crippen molar-refractivity contribution < 1.29 is 0 Å². The van der Waals surface area contributed by atoms with Gasteiger partial charge < -0.3 is 9.47 Å². The van der Waals surface area contributed by atoms with Crippen molar-refractivity contribution in [2.24, 2.45) is 0 Å². The van der Waals surface area contributed by atoms with E-state index in [9.17, 15) is 0 Å². The standard InChI is InChI=1S/C80H52N2/c1-4-22-53(23-5-1)54-40-43-58(44-41-54)81(60-45-48-66-64-31-12-19-37-73(64)80(75(66)52-60)71-35-17-10-29-62(71)63-30-11-18-36-72(63)80)76-38-20-14-28-61(76)55-42-47-68-67-33-15-21-39-77(67)82(78(68)50-55)59-46-49-74-69(51-59)65-32-13-16-34-70(65)79(74,56-24-6-2-7-25-56)57-26-8-3-9-27-57/h1-52H. The Balaban J connectivity index is 0.868. The van der Waals surface area contributed by atoms with E-state index in [-0.39, 0.29) is 0 Å². The number of anilines is 3. The molecule has 0 amide bonds. The zero-order valence-electron chi connectivity index (χ0n) is 44.9. The molecule has 2 nitrogen and oxygen atoms in total. The highest BCUT2D eigenvalue weighted by molar-refractivity contribution is 6.11. The summed E-state index contributed by atoms with van der Waals surface area (Å²) in [4.78, 5) is 2.50. The average Bonchev–Trinajstić information content (AvgIpc) is 2.12. The van der Waals surface area contributed by atoms with Gasteiger partial charge in [0.15, 0.2) is 0 Å². The molecule has 0 unspecified atom stereocenters. The van der Waals surface area contributed by atoms with Gasteiger partial charge in [-0.2, -0.15) is 0 Å². The molecule has 3 aliphatic carbocycles. The Bertz CT molecular complexity index is 4750. The Labute approximate surface area is 477 Å². The van der Waals surface area contributed by atoms with Gasteiger partial charge in [0.2, 0.25) is 0 Å². The summed E-state index contributed by atoms with van der Waals surface area (Å²) in [5.41, 5.74) is 28.6. The molecule has 82 heavy (non-hydrogen) atoms. The van der Waals surface area contributed by atoms with E-state index in [4.69, 9.17) is 0 Å². The summed E-state index contributed by atoms with van der Waals surface area (Å²) in [7, 11) is 0. The van der Waals surface area contributed by atoms with E-state index in [1.807, 2.05) is 0 Å². The molecule has 14 aromatic rings. The van der Waals surface area contributed by atoms with E-state index >= 15 is 0 Å². The lowest BCUT2D eigenvalue weighted by atomic mass is 9.68. The van der Waals surface area contributed by atoms with Crippen LogP contribution in [0.1, 0.15) is 44.5 Å². The van der Waals surface area contributed by atoms with Crippen LogP contribution in [0.5, 0.6) is 0 Å². The molecule has 3 aliphatic rings. The molecule has 0 atom stereocenters. The third-order valence-electron chi connectivity index (χ3n) is 18.3. The Hall–Kier alpha value is -10.5. The van der Waals surface area contributed by atoms with Gasteiger partial charge in [0.25, 0.3) is 0 Å². The van der Waals surface area contributed by atoms with E-state index < -0.39 is 10.8 Å². The van der Waals surface area contributed by atoms with E-state index in [0.717, 1.165) is 39.4 Å². The number of hydrogen-bond acceptors (Lipinski definition) is 1. The van der Waals surface area contributed by atoms with E-state index in [0.29, 0.717) is 0 Å². The Morgan fingerprint density at radius 2 is 0.695 bits per heavy atom. The Kier molecular flexibility index (Phi) is 10.2. The molecule has 0 N–H and O–H groups in total. The minimum absolute atomic E-state index is 0.478. The van der Waals surface area contributed by atoms with Crippen LogP contribution in [-0.4, -0.2) is 4.57 Å². The SMILES string of the molecule is c1ccc(-c2ccc(N(c3ccc4c(c3)C3(c5ccccc5-c5ccccc53)c3ccccc3-4)c3ccccc3-c3ccc4c5ccccc5n(-c5ccc6c(c5)-c5ccccc5C6(c5ccccc5)c5ccccc5)c4c3)cc2)cc1. The number of para-hydroxylation sites is 2. The highest BCUT2D eigenvalue weighted by Crippen LogP contribution is 2.64. The van der Waals surface area contributed by atoms with Crippen molar-refractivity contribution in [2.45, 2.75) is 10.8 Å². The maximum absolute atomic E-state index is 2.51. The number of nitrogens with zero attached hydrogens (tertiary/aromatic N) is 2. The molecule has 0 saturated carbocycles. The number of rotatable bonds is 8. The van der Waals surface area contributed by atoms with Crippen LogP contribution in [0.15, 0.2) is 315 Å². The molecule has 0 bridgehead atoms. The summed E-state index contributed by atoms with van der Waals surface area (Å²) in [5, 5.41) is 2.44. The first kappa shape index (κ1) is 46.4. The van der Waals surface area contributed by atoms with Crippen LogP contribution < -0.4 is 4.90 Å². The zero-order valence-corrected chi connectivity index (χ0v) is 44.9. The molecule has 1 spiro atoms. The van der Waals surface area contributed by atoms with Crippen LogP contribution in [0, 0.1) is 0 Å². The fraction of sp³-hybridized carbons (Fsp3) is 0.0250. The Morgan fingerprint density at radius 1 is 0.244 bits per heavy atom. The molecule has 1 aromatic heterocycles. The molecular weight excluding hydrogens is 989 g/mol. The van der Waals surface area contributed by atoms with Crippen LogP contribution in [0.4, 0.5) is 17.1 Å². The van der Waals surface area contributed by atoms with Crippen LogP contribution >= 0.6 is 0 Å². The van der Waals surface area contributed by atoms with Crippen LogP contribution in [0.2, 0.25) is 0 Å². The van der Waals surface area contributed by atoms with E-state index in [1.165, 1.54) is 105 Å². The van der Waals surface area contributed by atoms with Gasteiger partial charge >= 0.3 is 0 Å². The van der Waals surface area contributed by atoms with E-state index in [1.54, 1.807) is 0 Å². The van der Waals surface area contributed by atoms with Gasteiger partial charge in [0.1, 0.15) is 0 Å². The molecule has 1 heterocycles. The summed E-state index contributed by atoms with van der Waals surface area (Å²) >= 11 is 0. The monoisotopic (exact) mass is 1040 g/mol. The average molecular weight is 1040 g/mol. The second-order valence-electron chi connectivity index (χ2n) is 22.2. The predicted octanol–water partition coefficient (Wildman–Crippen LogP) is 20.3. The van der Waals surface area contributed by atoms with E-state index in [2.05, 4.69) is 325 Å². The molecule has 382 valence electrons. The number of benzene rings is 13.